The van der Waals surface area contributed by atoms with Gasteiger partial charge in [-0.05, 0) is 49.4 Å². The summed E-state index contributed by atoms with van der Waals surface area (Å²) < 4.78 is 13.0. The molecule has 0 aliphatic heterocycles. The van der Waals surface area contributed by atoms with E-state index in [-0.39, 0.29) is 5.82 Å². The van der Waals surface area contributed by atoms with Crippen LogP contribution in [-0.4, -0.2) is 13.1 Å². The van der Waals surface area contributed by atoms with Gasteiger partial charge in [-0.3, -0.25) is 0 Å². The molecule has 0 spiro atoms. The number of benzene rings is 1. The number of nitrogens with one attached hydrogen (secondary N) is 1. The van der Waals surface area contributed by atoms with Crippen LogP contribution in [0.1, 0.15) is 39.2 Å². The standard InChI is InChI=1S/C15H23ClFN/c1-15(2,3)8-7-13(18-4)9-11-5-6-12(17)10-14(11)16/h5-6,10,13,18H,7-9H2,1-4H3. The van der Waals surface area contributed by atoms with Crippen molar-refractivity contribution in [1.82, 2.24) is 5.32 Å². The molecule has 0 aliphatic carbocycles. The maximum absolute atomic E-state index is 13.0. The topological polar surface area (TPSA) is 12.0 Å². The molecule has 0 heterocycles. The van der Waals surface area contributed by atoms with Crippen molar-refractivity contribution in [3.8, 4) is 0 Å². The molecule has 1 unspecified atom stereocenters. The molecule has 3 heteroatoms. The van der Waals surface area contributed by atoms with Gasteiger partial charge in [-0.15, -0.1) is 0 Å². The van der Waals surface area contributed by atoms with E-state index in [4.69, 9.17) is 11.6 Å². The Balaban J connectivity index is 2.62. The molecule has 1 aromatic carbocycles. The van der Waals surface area contributed by atoms with Crippen LogP contribution in [0, 0.1) is 11.2 Å². The second-order valence-corrected chi connectivity index (χ2v) is 6.43. The highest BCUT2D eigenvalue weighted by atomic mass is 35.5. The minimum Gasteiger partial charge on any atom is -0.317 e. The Morgan fingerprint density at radius 3 is 2.50 bits per heavy atom. The molecule has 1 N–H and O–H groups in total. The second-order valence-electron chi connectivity index (χ2n) is 6.02. The fourth-order valence-electron chi connectivity index (χ4n) is 1.91. The summed E-state index contributed by atoms with van der Waals surface area (Å²) in [6.07, 6.45) is 3.08. The molecule has 0 bridgehead atoms. The van der Waals surface area contributed by atoms with E-state index in [1.807, 2.05) is 7.05 Å². The van der Waals surface area contributed by atoms with Crippen molar-refractivity contribution in [2.24, 2.45) is 5.41 Å². The molecule has 0 aromatic heterocycles. The Morgan fingerprint density at radius 1 is 1.33 bits per heavy atom. The van der Waals surface area contributed by atoms with E-state index in [1.165, 1.54) is 12.1 Å². The van der Waals surface area contributed by atoms with Crippen molar-refractivity contribution in [1.29, 1.82) is 0 Å². The van der Waals surface area contributed by atoms with Crippen LogP contribution in [0.3, 0.4) is 0 Å². The van der Waals surface area contributed by atoms with Gasteiger partial charge in [0.2, 0.25) is 0 Å². The van der Waals surface area contributed by atoms with Gasteiger partial charge in [0, 0.05) is 11.1 Å². The Kier molecular flexibility index (Phi) is 5.61. The summed E-state index contributed by atoms with van der Waals surface area (Å²) in [5.74, 6) is -0.278. The smallest absolute Gasteiger partial charge is 0.124 e. The molecule has 18 heavy (non-hydrogen) atoms. The van der Waals surface area contributed by atoms with E-state index < -0.39 is 0 Å². The summed E-state index contributed by atoms with van der Waals surface area (Å²) in [7, 11) is 1.96. The van der Waals surface area contributed by atoms with Crippen LogP contribution in [0.4, 0.5) is 4.39 Å². The molecule has 0 saturated heterocycles. The number of hydrogen-bond acceptors (Lipinski definition) is 1. The first-order chi connectivity index (χ1) is 8.31. The lowest BCUT2D eigenvalue weighted by Crippen LogP contribution is -2.29. The zero-order valence-corrected chi connectivity index (χ0v) is 12.4. The summed E-state index contributed by atoms with van der Waals surface area (Å²) in [6.45, 7) is 6.72. The predicted molar refractivity (Wildman–Crippen MR) is 76.7 cm³/mol. The lowest BCUT2D eigenvalue weighted by molar-refractivity contribution is 0.334. The van der Waals surface area contributed by atoms with Crippen LogP contribution in [0.15, 0.2) is 18.2 Å². The summed E-state index contributed by atoms with van der Waals surface area (Å²) in [5.41, 5.74) is 1.34. The highest BCUT2D eigenvalue weighted by Gasteiger charge is 2.15. The molecule has 0 saturated carbocycles. The maximum atomic E-state index is 13.0. The molecule has 0 amide bonds. The van der Waals surface area contributed by atoms with Crippen LogP contribution in [-0.2, 0) is 6.42 Å². The maximum Gasteiger partial charge on any atom is 0.124 e. The van der Waals surface area contributed by atoms with Crippen LogP contribution >= 0.6 is 11.6 Å². The van der Waals surface area contributed by atoms with Crippen LogP contribution in [0.25, 0.3) is 0 Å². The van der Waals surface area contributed by atoms with Gasteiger partial charge in [-0.1, -0.05) is 38.4 Å². The normalized spacial score (nSPS) is 13.7. The van der Waals surface area contributed by atoms with Gasteiger partial charge >= 0.3 is 0 Å². The Morgan fingerprint density at radius 2 is 2.00 bits per heavy atom. The summed E-state index contributed by atoms with van der Waals surface area (Å²) in [6, 6.07) is 5.01. The Labute approximate surface area is 115 Å². The number of hydrogen-bond donors (Lipinski definition) is 1. The Bertz CT molecular complexity index is 385. The number of likely N-dealkylation sites (N-methyl/N-ethyl adjacent to an activating group) is 1. The lowest BCUT2D eigenvalue weighted by atomic mass is 9.87. The van der Waals surface area contributed by atoms with Crippen LogP contribution < -0.4 is 5.32 Å². The SMILES string of the molecule is CNC(CCC(C)(C)C)Cc1ccc(F)cc1Cl. The van der Waals surface area contributed by atoms with E-state index in [0.29, 0.717) is 16.5 Å². The number of halogens is 2. The third-order valence-corrected chi connectivity index (χ3v) is 3.48. The predicted octanol–water partition coefficient (Wildman–Crippen LogP) is 4.44. The number of rotatable bonds is 5. The van der Waals surface area contributed by atoms with Gasteiger partial charge in [0.1, 0.15) is 5.82 Å². The molecule has 102 valence electrons. The molecule has 0 aliphatic rings. The zero-order valence-electron chi connectivity index (χ0n) is 11.7. The highest BCUT2D eigenvalue weighted by Crippen LogP contribution is 2.24. The third-order valence-electron chi connectivity index (χ3n) is 3.13. The van der Waals surface area contributed by atoms with Gasteiger partial charge in [0.25, 0.3) is 0 Å². The molecular formula is C15H23ClFN. The van der Waals surface area contributed by atoms with Crippen molar-refractivity contribution < 1.29 is 4.39 Å². The zero-order chi connectivity index (χ0) is 13.8. The molecule has 1 aromatic rings. The largest absolute Gasteiger partial charge is 0.317 e. The molecule has 1 rings (SSSR count). The molecule has 1 atom stereocenters. The first kappa shape index (κ1) is 15.5. The molecule has 0 fully saturated rings. The van der Waals surface area contributed by atoms with Crippen molar-refractivity contribution in [3.63, 3.8) is 0 Å². The van der Waals surface area contributed by atoms with Crippen molar-refractivity contribution >= 4 is 11.6 Å². The summed E-state index contributed by atoms with van der Waals surface area (Å²) in [4.78, 5) is 0. The van der Waals surface area contributed by atoms with E-state index in [0.717, 1.165) is 24.8 Å². The van der Waals surface area contributed by atoms with E-state index >= 15 is 0 Å². The molecule has 1 nitrogen and oxygen atoms in total. The quantitative estimate of drug-likeness (QED) is 0.835. The lowest BCUT2D eigenvalue weighted by Gasteiger charge is -2.23. The molecule has 0 radical (unpaired) electrons. The minimum absolute atomic E-state index is 0.278. The second kappa shape index (κ2) is 6.53. The van der Waals surface area contributed by atoms with E-state index in [9.17, 15) is 4.39 Å². The van der Waals surface area contributed by atoms with E-state index in [1.54, 1.807) is 6.07 Å². The van der Waals surface area contributed by atoms with Gasteiger partial charge in [0.15, 0.2) is 0 Å². The summed E-state index contributed by atoms with van der Waals surface area (Å²) in [5, 5.41) is 3.83. The minimum atomic E-state index is -0.278. The van der Waals surface area contributed by atoms with Gasteiger partial charge in [0.05, 0.1) is 0 Å². The third kappa shape index (κ3) is 5.36. The average Bonchev–Trinajstić information content (AvgIpc) is 2.25. The van der Waals surface area contributed by atoms with Crippen LogP contribution in [0.2, 0.25) is 5.02 Å². The van der Waals surface area contributed by atoms with Crippen molar-refractivity contribution in [2.45, 2.75) is 46.1 Å². The first-order valence-corrected chi connectivity index (χ1v) is 6.81. The highest BCUT2D eigenvalue weighted by molar-refractivity contribution is 6.31. The van der Waals surface area contributed by atoms with Gasteiger partial charge in [-0.25, -0.2) is 4.39 Å². The summed E-state index contributed by atoms with van der Waals surface area (Å²) >= 11 is 6.05. The van der Waals surface area contributed by atoms with Gasteiger partial charge < -0.3 is 5.32 Å². The van der Waals surface area contributed by atoms with E-state index in [2.05, 4.69) is 26.1 Å². The monoisotopic (exact) mass is 271 g/mol. The first-order valence-electron chi connectivity index (χ1n) is 6.43. The Hall–Kier alpha value is -0.600. The van der Waals surface area contributed by atoms with Crippen molar-refractivity contribution in [3.05, 3.63) is 34.6 Å². The van der Waals surface area contributed by atoms with Gasteiger partial charge in [-0.2, -0.15) is 0 Å². The van der Waals surface area contributed by atoms with Crippen LogP contribution in [0.5, 0.6) is 0 Å². The average molecular weight is 272 g/mol. The molecular weight excluding hydrogens is 249 g/mol. The fourth-order valence-corrected chi connectivity index (χ4v) is 2.15. The van der Waals surface area contributed by atoms with Crippen molar-refractivity contribution in [2.75, 3.05) is 7.05 Å². The fraction of sp³-hybridized carbons (Fsp3) is 0.600.